The monoisotopic (exact) mass is 403 g/mol. The maximum atomic E-state index is 12.3. The molecule has 150 valence electrons. The maximum absolute atomic E-state index is 12.3. The Labute approximate surface area is 168 Å². The average Bonchev–Trinajstić information content (AvgIpc) is 3.12. The number of ether oxygens (including phenoxy) is 1. The summed E-state index contributed by atoms with van der Waals surface area (Å²) in [6.45, 7) is 6.29. The lowest BCUT2D eigenvalue weighted by Crippen LogP contribution is -2.49. The van der Waals surface area contributed by atoms with E-state index in [1.165, 1.54) is 11.3 Å². The van der Waals surface area contributed by atoms with Gasteiger partial charge in [0.2, 0.25) is 16.9 Å². The number of aromatic nitrogens is 2. The minimum absolute atomic E-state index is 0.0174. The molecule has 1 aliphatic rings. The maximum Gasteiger partial charge on any atom is 0.226 e. The van der Waals surface area contributed by atoms with Crippen molar-refractivity contribution in [3.8, 4) is 5.75 Å². The number of para-hydroxylation sites is 1. The highest BCUT2D eigenvalue weighted by Crippen LogP contribution is 2.14. The number of nitrogens with one attached hydrogen (secondary N) is 1. The third-order valence-electron chi connectivity index (χ3n) is 4.48. The normalized spacial score (nSPS) is 14.7. The van der Waals surface area contributed by atoms with E-state index in [0.29, 0.717) is 24.8 Å². The van der Waals surface area contributed by atoms with E-state index >= 15 is 0 Å². The molecule has 0 radical (unpaired) electrons. The summed E-state index contributed by atoms with van der Waals surface area (Å²) in [5.41, 5.74) is 0. The number of carbonyl (C=O) groups is 2. The second-order valence-electron chi connectivity index (χ2n) is 6.56. The van der Waals surface area contributed by atoms with Crippen molar-refractivity contribution >= 4 is 28.3 Å². The van der Waals surface area contributed by atoms with Gasteiger partial charge in [0.05, 0.1) is 0 Å². The molecule has 0 unspecified atom stereocenters. The number of hydrogen-bond donors (Lipinski definition) is 1. The predicted molar refractivity (Wildman–Crippen MR) is 107 cm³/mol. The van der Waals surface area contributed by atoms with Crippen molar-refractivity contribution in [2.24, 2.45) is 0 Å². The van der Waals surface area contributed by atoms with Crippen LogP contribution in [-0.4, -0.2) is 71.1 Å². The second kappa shape index (κ2) is 10.1. The second-order valence-corrected chi connectivity index (χ2v) is 7.74. The number of nitrogens with zero attached hydrogens (tertiary/aromatic N) is 4. The lowest BCUT2D eigenvalue weighted by atomic mass is 10.2. The summed E-state index contributed by atoms with van der Waals surface area (Å²) in [7, 11) is 0. The molecule has 1 aromatic heterocycles. The van der Waals surface area contributed by atoms with Crippen molar-refractivity contribution < 1.29 is 14.3 Å². The molecule has 2 amide bonds. The van der Waals surface area contributed by atoms with Crippen molar-refractivity contribution in [3.63, 3.8) is 0 Å². The lowest BCUT2D eigenvalue weighted by molar-refractivity contribution is -0.134. The van der Waals surface area contributed by atoms with Crippen LogP contribution in [-0.2, 0) is 9.59 Å². The Morgan fingerprint density at radius 2 is 1.86 bits per heavy atom. The van der Waals surface area contributed by atoms with Crippen LogP contribution in [0.15, 0.2) is 30.3 Å². The standard InChI is InChI=1S/C19H25N5O3S/c1-15-21-22-19(28-15)20-17(25)7-8-18(26)24-11-9-23(10-12-24)13-14-27-16-5-3-2-4-6-16/h2-6H,7-14H2,1H3,(H,20,22,25). The molecule has 2 aromatic rings. The molecule has 1 fully saturated rings. The first kappa shape index (κ1) is 20.2. The van der Waals surface area contributed by atoms with Gasteiger partial charge in [0.1, 0.15) is 17.4 Å². The number of piperazine rings is 1. The van der Waals surface area contributed by atoms with E-state index in [-0.39, 0.29) is 24.7 Å². The van der Waals surface area contributed by atoms with Gasteiger partial charge in [-0.3, -0.25) is 14.5 Å². The molecule has 0 spiro atoms. The third-order valence-corrected chi connectivity index (χ3v) is 5.24. The number of rotatable bonds is 8. The Bertz CT molecular complexity index is 775. The van der Waals surface area contributed by atoms with E-state index in [2.05, 4.69) is 20.4 Å². The third kappa shape index (κ3) is 6.28. The molecule has 3 rings (SSSR count). The fourth-order valence-corrected chi connectivity index (χ4v) is 3.55. The number of anilines is 1. The molecule has 9 heteroatoms. The van der Waals surface area contributed by atoms with Gasteiger partial charge in [0.15, 0.2) is 0 Å². The van der Waals surface area contributed by atoms with Crippen LogP contribution in [0, 0.1) is 6.92 Å². The largest absolute Gasteiger partial charge is 0.492 e. The van der Waals surface area contributed by atoms with Crippen LogP contribution in [0.1, 0.15) is 17.8 Å². The molecule has 2 heterocycles. The van der Waals surface area contributed by atoms with Crippen molar-refractivity contribution in [1.82, 2.24) is 20.0 Å². The Kier molecular flexibility index (Phi) is 7.32. The van der Waals surface area contributed by atoms with Crippen LogP contribution >= 0.6 is 11.3 Å². The fourth-order valence-electron chi connectivity index (χ4n) is 2.94. The molecule has 1 aromatic carbocycles. The molecule has 0 bridgehead atoms. The summed E-state index contributed by atoms with van der Waals surface area (Å²) >= 11 is 1.32. The summed E-state index contributed by atoms with van der Waals surface area (Å²) < 4.78 is 5.72. The zero-order valence-electron chi connectivity index (χ0n) is 16.0. The van der Waals surface area contributed by atoms with Crippen molar-refractivity contribution in [2.45, 2.75) is 19.8 Å². The van der Waals surface area contributed by atoms with Crippen molar-refractivity contribution in [3.05, 3.63) is 35.3 Å². The van der Waals surface area contributed by atoms with E-state index in [1.807, 2.05) is 42.2 Å². The van der Waals surface area contributed by atoms with Gasteiger partial charge in [0.25, 0.3) is 0 Å². The van der Waals surface area contributed by atoms with Crippen LogP contribution in [0.5, 0.6) is 5.75 Å². The highest BCUT2D eigenvalue weighted by Gasteiger charge is 2.21. The number of carbonyl (C=O) groups excluding carboxylic acids is 2. The molecule has 0 saturated carbocycles. The van der Waals surface area contributed by atoms with Crippen molar-refractivity contribution in [2.75, 3.05) is 44.6 Å². The molecule has 1 N–H and O–H groups in total. The summed E-state index contributed by atoms with van der Waals surface area (Å²) in [4.78, 5) is 28.4. The first-order chi connectivity index (χ1) is 13.6. The molecule has 8 nitrogen and oxygen atoms in total. The van der Waals surface area contributed by atoms with Gasteiger partial charge in [-0.15, -0.1) is 10.2 Å². The van der Waals surface area contributed by atoms with Crippen LogP contribution in [0.3, 0.4) is 0 Å². The van der Waals surface area contributed by atoms with Gasteiger partial charge in [-0.2, -0.15) is 0 Å². The van der Waals surface area contributed by atoms with Crippen LogP contribution in [0.25, 0.3) is 0 Å². The van der Waals surface area contributed by atoms with Crippen LogP contribution < -0.4 is 10.1 Å². The zero-order chi connectivity index (χ0) is 19.8. The van der Waals surface area contributed by atoms with Gasteiger partial charge in [0, 0.05) is 45.6 Å². The van der Waals surface area contributed by atoms with Gasteiger partial charge < -0.3 is 15.0 Å². The Balaban J connectivity index is 1.30. The van der Waals surface area contributed by atoms with Gasteiger partial charge in [-0.25, -0.2) is 0 Å². The average molecular weight is 404 g/mol. The SMILES string of the molecule is Cc1nnc(NC(=O)CCC(=O)N2CCN(CCOc3ccccc3)CC2)s1. The highest BCUT2D eigenvalue weighted by molar-refractivity contribution is 7.15. The molecular weight excluding hydrogens is 378 g/mol. The van der Waals surface area contributed by atoms with E-state index < -0.39 is 0 Å². The number of amides is 2. The first-order valence-corrected chi connectivity index (χ1v) is 10.2. The molecule has 1 saturated heterocycles. The topological polar surface area (TPSA) is 87.7 Å². The van der Waals surface area contributed by atoms with E-state index in [9.17, 15) is 9.59 Å². The predicted octanol–water partition coefficient (Wildman–Crippen LogP) is 1.79. The highest BCUT2D eigenvalue weighted by atomic mass is 32.1. The summed E-state index contributed by atoms with van der Waals surface area (Å²) in [5.74, 6) is 0.684. The zero-order valence-corrected chi connectivity index (χ0v) is 16.8. The molecule has 28 heavy (non-hydrogen) atoms. The quantitative estimate of drug-likeness (QED) is 0.723. The van der Waals surface area contributed by atoms with Gasteiger partial charge >= 0.3 is 0 Å². The summed E-state index contributed by atoms with van der Waals surface area (Å²) in [6, 6.07) is 9.76. The smallest absolute Gasteiger partial charge is 0.226 e. The number of benzene rings is 1. The molecule has 0 atom stereocenters. The molecule has 0 aliphatic carbocycles. The van der Waals surface area contributed by atoms with E-state index in [1.54, 1.807) is 0 Å². The Hall–Kier alpha value is -2.52. The molecule has 1 aliphatic heterocycles. The number of aryl methyl sites for hydroxylation is 1. The van der Waals surface area contributed by atoms with Gasteiger partial charge in [-0.05, 0) is 19.1 Å². The summed E-state index contributed by atoms with van der Waals surface area (Å²) in [5, 5.41) is 11.6. The van der Waals surface area contributed by atoms with Gasteiger partial charge in [-0.1, -0.05) is 29.5 Å². The Morgan fingerprint density at radius 3 is 2.54 bits per heavy atom. The molecular formula is C19H25N5O3S. The number of hydrogen-bond acceptors (Lipinski definition) is 7. The summed E-state index contributed by atoms with van der Waals surface area (Å²) in [6.07, 6.45) is 0.364. The van der Waals surface area contributed by atoms with E-state index in [4.69, 9.17) is 4.74 Å². The van der Waals surface area contributed by atoms with Crippen LogP contribution in [0.2, 0.25) is 0 Å². The van der Waals surface area contributed by atoms with Crippen LogP contribution in [0.4, 0.5) is 5.13 Å². The lowest BCUT2D eigenvalue weighted by Gasteiger charge is -2.34. The fraction of sp³-hybridized carbons (Fsp3) is 0.474. The van der Waals surface area contributed by atoms with Crippen molar-refractivity contribution in [1.29, 1.82) is 0 Å². The first-order valence-electron chi connectivity index (χ1n) is 9.38. The Morgan fingerprint density at radius 1 is 1.11 bits per heavy atom. The van der Waals surface area contributed by atoms with E-state index in [0.717, 1.165) is 30.4 Å². The minimum atomic E-state index is -0.207. The minimum Gasteiger partial charge on any atom is -0.492 e.